The summed E-state index contributed by atoms with van der Waals surface area (Å²) in [7, 11) is 1.58. The Hall–Kier alpha value is -2.20. The fourth-order valence-electron chi connectivity index (χ4n) is 1.80. The minimum atomic E-state index is -0.218. The number of amides is 1. The average Bonchev–Trinajstić information content (AvgIpc) is 2.52. The second-order valence-electron chi connectivity index (χ2n) is 4.24. The van der Waals surface area contributed by atoms with Gasteiger partial charge in [-0.2, -0.15) is 0 Å². The summed E-state index contributed by atoms with van der Waals surface area (Å²) in [5.41, 5.74) is 0.455. The molecule has 1 N–H and O–H groups in total. The van der Waals surface area contributed by atoms with E-state index in [1.165, 1.54) is 0 Å². The maximum Gasteiger partial charge on any atom is 0.252 e. The van der Waals surface area contributed by atoms with Gasteiger partial charge < -0.3 is 14.8 Å². The Morgan fingerprint density at radius 1 is 1.10 bits per heavy atom. The van der Waals surface area contributed by atoms with Gasteiger partial charge in [-0.25, -0.2) is 0 Å². The third-order valence-corrected chi connectivity index (χ3v) is 3.16. The minimum absolute atomic E-state index is 0.218. The molecule has 0 aliphatic heterocycles. The van der Waals surface area contributed by atoms with Crippen LogP contribution in [0.15, 0.2) is 48.5 Å². The first-order valence-electron chi connectivity index (χ1n) is 6.51. The fourth-order valence-corrected chi connectivity index (χ4v) is 2.03. The van der Waals surface area contributed by atoms with E-state index >= 15 is 0 Å². The van der Waals surface area contributed by atoms with E-state index in [4.69, 9.17) is 21.1 Å². The number of hydrogen-bond donors (Lipinski definition) is 1. The first-order chi connectivity index (χ1) is 10.2. The summed E-state index contributed by atoms with van der Waals surface area (Å²) < 4.78 is 10.8. The summed E-state index contributed by atoms with van der Waals surface area (Å²) in [5.74, 6) is 1.09. The molecule has 2 aromatic carbocycles. The lowest BCUT2D eigenvalue weighted by molar-refractivity contribution is 0.0947. The summed E-state index contributed by atoms with van der Waals surface area (Å²) in [6.45, 7) is 0.721. The highest BCUT2D eigenvalue weighted by molar-refractivity contribution is 6.33. The predicted molar refractivity (Wildman–Crippen MR) is 82.3 cm³/mol. The van der Waals surface area contributed by atoms with Crippen molar-refractivity contribution in [3.8, 4) is 11.5 Å². The second-order valence-corrected chi connectivity index (χ2v) is 4.64. The van der Waals surface area contributed by atoms with Crippen LogP contribution in [0.1, 0.15) is 10.4 Å². The lowest BCUT2D eigenvalue weighted by atomic mass is 10.2. The van der Waals surface area contributed by atoms with Crippen LogP contribution < -0.4 is 14.8 Å². The zero-order valence-corrected chi connectivity index (χ0v) is 12.4. The van der Waals surface area contributed by atoms with E-state index in [2.05, 4.69) is 5.32 Å². The number of hydrogen-bond acceptors (Lipinski definition) is 3. The number of halogens is 1. The molecule has 0 fully saturated rings. The highest BCUT2D eigenvalue weighted by Crippen LogP contribution is 2.25. The van der Waals surface area contributed by atoms with Gasteiger partial charge in [0.25, 0.3) is 5.91 Å². The van der Waals surface area contributed by atoms with Crippen molar-refractivity contribution in [2.45, 2.75) is 0 Å². The van der Waals surface area contributed by atoms with Crippen LogP contribution in [0.3, 0.4) is 0 Å². The molecule has 0 aliphatic rings. The monoisotopic (exact) mass is 305 g/mol. The topological polar surface area (TPSA) is 47.6 Å². The van der Waals surface area contributed by atoms with Crippen LogP contribution >= 0.6 is 11.6 Å². The van der Waals surface area contributed by atoms with Gasteiger partial charge >= 0.3 is 0 Å². The number of carbonyl (C=O) groups excluding carboxylic acids is 1. The molecule has 2 rings (SSSR count). The third-order valence-electron chi connectivity index (χ3n) is 2.83. The van der Waals surface area contributed by atoms with Crippen LogP contribution in [0.4, 0.5) is 0 Å². The number of methoxy groups -OCH3 is 1. The number of carbonyl (C=O) groups is 1. The third kappa shape index (κ3) is 4.13. The molecule has 0 heterocycles. The van der Waals surface area contributed by atoms with E-state index in [0.29, 0.717) is 35.2 Å². The summed E-state index contributed by atoms with van der Waals surface area (Å²) in [5, 5.41) is 3.19. The maximum atomic E-state index is 11.9. The first-order valence-corrected chi connectivity index (χ1v) is 6.88. The molecule has 2 aromatic rings. The summed E-state index contributed by atoms with van der Waals surface area (Å²) in [6, 6.07) is 14.3. The number of para-hydroxylation sites is 2. The SMILES string of the molecule is COc1ccccc1OCCNC(=O)c1ccccc1Cl. The maximum absolute atomic E-state index is 11.9. The van der Waals surface area contributed by atoms with E-state index in [0.717, 1.165) is 0 Å². The molecule has 0 spiro atoms. The molecule has 0 saturated heterocycles. The smallest absolute Gasteiger partial charge is 0.252 e. The molecule has 0 unspecified atom stereocenters. The van der Waals surface area contributed by atoms with E-state index in [9.17, 15) is 4.79 Å². The van der Waals surface area contributed by atoms with E-state index < -0.39 is 0 Å². The normalized spacial score (nSPS) is 10.0. The van der Waals surface area contributed by atoms with Crippen LogP contribution in [0.5, 0.6) is 11.5 Å². The second kappa shape index (κ2) is 7.55. The first kappa shape index (κ1) is 15.2. The van der Waals surface area contributed by atoms with Gasteiger partial charge in [0.15, 0.2) is 11.5 Å². The standard InChI is InChI=1S/C16H16ClNO3/c1-20-14-8-4-5-9-15(14)21-11-10-18-16(19)12-6-2-3-7-13(12)17/h2-9H,10-11H2,1H3,(H,18,19). The Labute approximate surface area is 128 Å². The molecule has 5 heteroatoms. The lowest BCUT2D eigenvalue weighted by Gasteiger charge is -2.11. The van der Waals surface area contributed by atoms with Crippen LogP contribution in [0, 0.1) is 0 Å². The van der Waals surface area contributed by atoms with Crippen molar-refractivity contribution in [2.75, 3.05) is 20.3 Å². The lowest BCUT2D eigenvalue weighted by Crippen LogP contribution is -2.28. The Bertz CT molecular complexity index is 616. The number of nitrogens with one attached hydrogen (secondary N) is 1. The quantitative estimate of drug-likeness (QED) is 0.834. The van der Waals surface area contributed by atoms with Crippen LogP contribution in [-0.4, -0.2) is 26.2 Å². The number of benzene rings is 2. The summed E-state index contributed by atoms with van der Waals surface area (Å²) in [4.78, 5) is 11.9. The van der Waals surface area contributed by atoms with Gasteiger partial charge in [-0.15, -0.1) is 0 Å². The molecule has 0 radical (unpaired) electrons. The molecule has 0 aliphatic carbocycles. The fraction of sp³-hybridized carbons (Fsp3) is 0.188. The largest absolute Gasteiger partial charge is 0.493 e. The zero-order valence-electron chi connectivity index (χ0n) is 11.6. The minimum Gasteiger partial charge on any atom is -0.493 e. The van der Waals surface area contributed by atoms with Gasteiger partial charge in [-0.1, -0.05) is 35.9 Å². The van der Waals surface area contributed by atoms with Crippen molar-refractivity contribution < 1.29 is 14.3 Å². The molecule has 21 heavy (non-hydrogen) atoms. The number of ether oxygens (including phenoxy) is 2. The Morgan fingerprint density at radius 3 is 2.48 bits per heavy atom. The molecular weight excluding hydrogens is 290 g/mol. The van der Waals surface area contributed by atoms with E-state index in [-0.39, 0.29) is 5.91 Å². The molecular formula is C16H16ClNO3. The van der Waals surface area contributed by atoms with Crippen molar-refractivity contribution in [3.63, 3.8) is 0 Å². The van der Waals surface area contributed by atoms with Gasteiger partial charge in [0.05, 0.1) is 24.2 Å². The van der Waals surface area contributed by atoms with Gasteiger partial charge in [-0.05, 0) is 24.3 Å². The van der Waals surface area contributed by atoms with Crippen molar-refractivity contribution >= 4 is 17.5 Å². The predicted octanol–water partition coefficient (Wildman–Crippen LogP) is 3.16. The van der Waals surface area contributed by atoms with Crippen molar-refractivity contribution in [2.24, 2.45) is 0 Å². The Balaban J connectivity index is 1.82. The zero-order chi connectivity index (χ0) is 15.1. The van der Waals surface area contributed by atoms with Crippen molar-refractivity contribution in [3.05, 3.63) is 59.1 Å². The van der Waals surface area contributed by atoms with Gasteiger partial charge in [-0.3, -0.25) is 4.79 Å². The van der Waals surface area contributed by atoms with Crippen LogP contribution in [0.2, 0.25) is 5.02 Å². The summed E-state index contributed by atoms with van der Waals surface area (Å²) in [6.07, 6.45) is 0. The van der Waals surface area contributed by atoms with Crippen LogP contribution in [0.25, 0.3) is 0 Å². The van der Waals surface area contributed by atoms with Gasteiger partial charge in [0, 0.05) is 0 Å². The number of rotatable bonds is 6. The Kier molecular flexibility index (Phi) is 5.46. The van der Waals surface area contributed by atoms with Crippen LogP contribution in [-0.2, 0) is 0 Å². The molecule has 0 saturated carbocycles. The molecule has 0 atom stereocenters. The van der Waals surface area contributed by atoms with Gasteiger partial charge in [0.2, 0.25) is 0 Å². The molecule has 110 valence electrons. The molecule has 4 nitrogen and oxygen atoms in total. The molecule has 0 aromatic heterocycles. The van der Waals surface area contributed by atoms with E-state index in [1.54, 1.807) is 31.4 Å². The Morgan fingerprint density at radius 2 is 1.76 bits per heavy atom. The van der Waals surface area contributed by atoms with Crippen molar-refractivity contribution in [1.82, 2.24) is 5.32 Å². The average molecular weight is 306 g/mol. The summed E-state index contributed by atoms with van der Waals surface area (Å²) >= 11 is 5.96. The van der Waals surface area contributed by atoms with E-state index in [1.807, 2.05) is 24.3 Å². The van der Waals surface area contributed by atoms with Gasteiger partial charge in [0.1, 0.15) is 6.61 Å². The molecule has 1 amide bonds. The van der Waals surface area contributed by atoms with Crippen molar-refractivity contribution in [1.29, 1.82) is 0 Å². The highest BCUT2D eigenvalue weighted by atomic mass is 35.5. The molecule has 0 bridgehead atoms. The highest BCUT2D eigenvalue weighted by Gasteiger charge is 2.08.